The molecule has 14 rings (SSSR count). The van der Waals surface area contributed by atoms with Crippen molar-refractivity contribution in [2.45, 2.75) is 5.41 Å². The normalized spacial score (nSPS) is 12.8. The number of hydrogen-bond donors (Lipinski definition) is 0. The minimum atomic E-state index is -0.559. The number of rotatable bonds is 7. The molecule has 1 spiro atoms. The molecule has 1 aliphatic heterocycles. The molecule has 1 aliphatic carbocycles. The molecule has 0 atom stereocenters. The van der Waals surface area contributed by atoms with Gasteiger partial charge in [0, 0.05) is 50.2 Å². The summed E-state index contributed by atoms with van der Waals surface area (Å²) < 4.78 is 9.17. The third-order valence-corrected chi connectivity index (χ3v) is 14.6. The van der Waals surface area contributed by atoms with Crippen LogP contribution in [0, 0.1) is 0 Å². The maximum absolute atomic E-state index is 6.68. The van der Waals surface area contributed by atoms with Crippen molar-refractivity contribution in [2.24, 2.45) is 0 Å². The first-order valence-electron chi connectivity index (χ1n) is 24.1. The van der Waals surface area contributed by atoms with Crippen molar-refractivity contribution in [2.75, 3.05) is 4.90 Å². The largest absolute Gasteiger partial charge is 0.457 e. The number of para-hydroxylation sites is 3. The van der Waals surface area contributed by atoms with Crippen molar-refractivity contribution in [1.29, 1.82) is 0 Å². The van der Waals surface area contributed by atoms with E-state index in [4.69, 9.17) is 4.74 Å². The number of aromatic nitrogens is 1. The highest BCUT2D eigenvalue weighted by Gasteiger charge is 2.51. The van der Waals surface area contributed by atoms with Crippen LogP contribution in [-0.2, 0) is 5.41 Å². The summed E-state index contributed by atoms with van der Waals surface area (Å²) in [6.07, 6.45) is 0. The summed E-state index contributed by atoms with van der Waals surface area (Å²) in [5, 5.41) is 2.44. The van der Waals surface area contributed by atoms with E-state index in [0.29, 0.717) is 0 Å². The maximum Gasteiger partial charge on any atom is 0.132 e. The van der Waals surface area contributed by atoms with Gasteiger partial charge in [0.25, 0.3) is 0 Å². The first-order chi connectivity index (χ1) is 34.7. The van der Waals surface area contributed by atoms with Crippen LogP contribution in [0.4, 0.5) is 17.1 Å². The van der Waals surface area contributed by atoms with Crippen molar-refractivity contribution in [3.8, 4) is 61.7 Å². The predicted molar refractivity (Wildman–Crippen MR) is 289 cm³/mol. The summed E-state index contributed by atoms with van der Waals surface area (Å²) in [6.45, 7) is 0. The van der Waals surface area contributed by atoms with Crippen LogP contribution in [0.5, 0.6) is 11.5 Å². The zero-order valence-corrected chi connectivity index (χ0v) is 38.2. The van der Waals surface area contributed by atoms with Gasteiger partial charge in [-0.15, -0.1) is 0 Å². The monoisotopic (exact) mass is 892 g/mol. The van der Waals surface area contributed by atoms with Crippen LogP contribution >= 0.6 is 0 Å². The van der Waals surface area contributed by atoms with Crippen LogP contribution < -0.4 is 9.64 Å². The number of ether oxygens (including phenoxy) is 1. The van der Waals surface area contributed by atoms with Gasteiger partial charge in [0.15, 0.2) is 0 Å². The molecule has 0 saturated heterocycles. The van der Waals surface area contributed by atoms with E-state index in [9.17, 15) is 0 Å². The van der Waals surface area contributed by atoms with Crippen LogP contribution in [0.1, 0.15) is 22.3 Å². The number of benzene rings is 11. The van der Waals surface area contributed by atoms with Gasteiger partial charge in [-0.25, -0.2) is 0 Å². The second kappa shape index (κ2) is 16.0. The topological polar surface area (TPSA) is 17.4 Å². The number of hydrogen-bond acceptors (Lipinski definition) is 2. The molecule has 1 aromatic heterocycles. The SMILES string of the molecule is c1ccc(-c2cccc(N(c3ccc(-c4ccc5c(c4)c4ccc6c(c4n5-c4ccccc4)-c4ccccc4C64c5ccccc5Oc5ccccc54)cc3)c3cccc(-c4ccccc4)c3)c2)cc1. The summed E-state index contributed by atoms with van der Waals surface area (Å²) in [5.74, 6) is 1.79. The van der Waals surface area contributed by atoms with Crippen molar-refractivity contribution >= 4 is 38.9 Å². The molecule has 0 fully saturated rings. The number of nitrogens with zero attached hydrogens (tertiary/aromatic N) is 2. The summed E-state index contributed by atoms with van der Waals surface area (Å²) in [7, 11) is 0. The molecule has 70 heavy (non-hydrogen) atoms. The number of anilines is 3. The smallest absolute Gasteiger partial charge is 0.132 e. The van der Waals surface area contributed by atoms with Crippen molar-refractivity contribution in [3.05, 3.63) is 289 Å². The van der Waals surface area contributed by atoms with E-state index in [1.54, 1.807) is 0 Å². The fourth-order valence-corrected chi connectivity index (χ4v) is 11.6. The standard InChI is InChI=1S/C67H44N2O/c1-4-18-45(19-5-1)48-22-16-26-53(42-48)68(54-27-17-23-49(43-54)46-20-6-2-7-21-46)52-37-34-47(35-38-52)50-36-41-62-57(44-50)55-39-40-61-65(66(55)69(62)51-24-8-3-9-25-51)56-28-10-11-29-58(56)67(61)59-30-12-14-32-63(59)70-64-33-15-13-31-60(64)67/h1-44H. The van der Waals surface area contributed by atoms with Crippen LogP contribution in [0.15, 0.2) is 267 Å². The Bertz CT molecular complexity index is 3840. The van der Waals surface area contributed by atoms with Crippen LogP contribution in [0.2, 0.25) is 0 Å². The fourth-order valence-electron chi connectivity index (χ4n) is 11.6. The van der Waals surface area contributed by atoms with E-state index in [-0.39, 0.29) is 0 Å². The van der Waals surface area contributed by atoms with Gasteiger partial charge in [0.1, 0.15) is 11.5 Å². The molecule has 0 N–H and O–H groups in total. The number of fused-ring (bicyclic) bond motifs is 13. The molecular weight excluding hydrogens is 849 g/mol. The Hall–Kier alpha value is -9.18. The molecule has 2 heterocycles. The fraction of sp³-hybridized carbons (Fsp3) is 0.0149. The lowest BCUT2D eigenvalue weighted by atomic mass is 9.66. The van der Waals surface area contributed by atoms with E-state index in [1.807, 2.05) is 0 Å². The molecule has 328 valence electrons. The van der Waals surface area contributed by atoms with Crippen molar-refractivity contribution in [3.63, 3.8) is 0 Å². The molecule has 2 aliphatic rings. The quantitative estimate of drug-likeness (QED) is 0.159. The van der Waals surface area contributed by atoms with Gasteiger partial charge < -0.3 is 14.2 Å². The van der Waals surface area contributed by atoms with Crippen LogP contribution in [0.25, 0.3) is 72.0 Å². The lowest BCUT2D eigenvalue weighted by molar-refractivity contribution is 0.436. The Morgan fingerprint density at radius 3 is 1.46 bits per heavy atom. The molecule has 0 radical (unpaired) electrons. The zero-order chi connectivity index (χ0) is 46.2. The van der Waals surface area contributed by atoms with Gasteiger partial charge in [-0.05, 0) is 123 Å². The molecule has 0 amide bonds. The molecule has 12 aromatic rings. The highest BCUT2D eigenvalue weighted by atomic mass is 16.5. The van der Waals surface area contributed by atoms with Gasteiger partial charge in [-0.1, -0.05) is 194 Å². The Kier molecular flexibility index (Phi) is 9.11. The lowest BCUT2D eigenvalue weighted by Gasteiger charge is -2.39. The van der Waals surface area contributed by atoms with Gasteiger partial charge in [0.05, 0.1) is 16.4 Å². The third kappa shape index (κ3) is 6.08. The van der Waals surface area contributed by atoms with E-state index >= 15 is 0 Å². The Labute approximate surface area is 407 Å². The Balaban J connectivity index is 0.940. The molecule has 3 heteroatoms. The summed E-state index contributed by atoms with van der Waals surface area (Å²) in [4.78, 5) is 2.37. The molecule has 0 bridgehead atoms. The van der Waals surface area contributed by atoms with Gasteiger partial charge in [-0.2, -0.15) is 0 Å². The molecule has 3 nitrogen and oxygen atoms in total. The van der Waals surface area contributed by atoms with Gasteiger partial charge in [0.2, 0.25) is 0 Å². The van der Waals surface area contributed by atoms with E-state index in [0.717, 1.165) is 39.8 Å². The molecular formula is C67H44N2O. The highest BCUT2D eigenvalue weighted by molar-refractivity contribution is 6.17. The van der Waals surface area contributed by atoms with E-state index < -0.39 is 5.41 Å². The highest BCUT2D eigenvalue weighted by Crippen LogP contribution is 2.63. The van der Waals surface area contributed by atoms with Gasteiger partial charge in [-0.3, -0.25) is 0 Å². The summed E-state index contributed by atoms with van der Waals surface area (Å²) in [5.41, 5.74) is 20.7. The second-order valence-corrected chi connectivity index (χ2v) is 18.4. The van der Waals surface area contributed by atoms with Gasteiger partial charge >= 0.3 is 0 Å². The summed E-state index contributed by atoms with van der Waals surface area (Å²) >= 11 is 0. The molecule has 0 unspecified atom stereocenters. The van der Waals surface area contributed by atoms with Crippen LogP contribution in [-0.4, -0.2) is 4.57 Å². The van der Waals surface area contributed by atoms with Crippen molar-refractivity contribution in [1.82, 2.24) is 4.57 Å². The van der Waals surface area contributed by atoms with Crippen LogP contribution in [0.3, 0.4) is 0 Å². The molecule has 11 aromatic carbocycles. The first-order valence-corrected chi connectivity index (χ1v) is 24.1. The third-order valence-electron chi connectivity index (χ3n) is 14.6. The zero-order valence-electron chi connectivity index (χ0n) is 38.2. The minimum absolute atomic E-state index is 0.559. The minimum Gasteiger partial charge on any atom is -0.457 e. The second-order valence-electron chi connectivity index (χ2n) is 18.4. The van der Waals surface area contributed by atoms with E-state index in [2.05, 4.69) is 276 Å². The predicted octanol–water partition coefficient (Wildman–Crippen LogP) is 17.7. The summed E-state index contributed by atoms with van der Waals surface area (Å²) in [6, 6.07) is 97.0. The average molecular weight is 893 g/mol. The Morgan fingerprint density at radius 1 is 0.329 bits per heavy atom. The Morgan fingerprint density at radius 2 is 0.829 bits per heavy atom. The molecule has 0 saturated carbocycles. The van der Waals surface area contributed by atoms with E-state index in [1.165, 1.54) is 83.0 Å². The van der Waals surface area contributed by atoms with Crippen molar-refractivity contribution < 1.29 is 4.74 Å². The maximum atomic E-state index is 6.68. The lowest BCUT2D eigenvalue weighted by Crippen LogP contribution is -2.32. The average Bonchev–Trinajstić information content (AvgIpc) is 3.93. The first kappa shape index (κ1) is 39.9.